The van der Waals surface area contributed by atoms with E-state index in [4.69, 9.17) is 5.11 Å². The molecule has 3 heteroatoms. The number of likely N-dealkylation sites (N-methyl/N-ethyl adjacent to an activating group) is 1. The van der Waals surface area contributed by atoms with Crippen molar-refractivity contribution in [2.45, 2.75) is 13.2 Å². The van der Waals surface area contributed by atoms with E-state index in [0.717, 1.165) is 13.1 Å². The van der Waals surface area contributed by atoms with Crippen LogP contribution >= 0.6 is 0 Å². The van der Waals surface area contributed by atoms with Gasteiger partial charge in [0.15, 0.2) is 0 Å². The van der Waals surface area contributed by atoms with Gasteiger partial charge < -0.3 is 14.9 Å². The van der Waals surface area contributed by atoms with Gasteiger partial charge in [-0.1, -0.05) is 6.58 Å². The fourth-order valence-corrected chi connectivity index (χ4v) is 0.746. The Morgan fingerprint density at radius 3 is 2.27 bits per heavy atom. The van der Waals surface area contributed by atoms with Gasteiger partial charge in [0.1, 0.15) is 6.23 Å². The van der Waals surface area contributed by atoms with Crippen molar-refractivity contribution in [3.05, 3.63) is 12.8 Å². The summed E-state index contributed by atoms with van der Waals surface area (Å²) in [5.41, 5.74) is 0. The first-order chi connectivity index (χ1) is 5.07. The summed E-state index contributed by atoms with van der Waals surface area (Å²) in [5.74, 6) is 0. The minimum absolute atomic E-state index is 0.438. The zero-order valence-electron chi connectivity index (χ0n) is 7.62. The zero-order chi connectivity index (χ0) is 8.85. The number of aliphatic hydroxyl groups is 1. The van der Waals surface area contributed by atoms with Crippen LogP contribution in [0.5, 0.6) is 0 Å². The third-order valence-corrected chi connectivity index (χ3v) is 1.52. The Labute approximate surface area is 68.9 Å². The van der Waals surface area contributed by atoms with Crippen LogP contribution in [-0.4, -0.2) is 48.3 Å². The second-order valence-electron chi connectivity index (χ2n) is 2.86. The van der Waals surface area contributed by atoms with Crippen LogP contribution in [0.3, 0.4) is 0 Å². The third kappa shape index (κ3) is 4.81. The molecule has 0 amide bonds. The van der Waals surface area contributed by atoms with Gasteiger partial charge >= 0.3 is 0 Å². The van der Waals surface area contributed by atoms with E-state index in [1.54, 1.807) is 18.0 Å². The van der Waals surface area contributed by atoms with Gasteiger partial charge in [0, 0.05) is 13.1 Å². The van der Waals surface area contributed by atoms with E-state index in [9.17, 15) is 0 Å². The number of hydrogen-bond acceptors (Lipinski definition) is 3. The Hall–Kier alpha value is -0.540. The summed E-state index contributed by atoms with van der Waals surface area (Å²) in [4.78, 5) is 3.86. The average molecular weight is 158 g/mol. The van der Waals surface area contributed by atoms with E-state index >= 15 is 0 Å². The Bertz CT molecular complexity index is 113. The summed E-state index contributed by atoms with van der Waals surface area (Å²) >= 11 is 0. The van der Waals surface area contributed by atoms with Crippen molar-refractivity contribution in [1.82, 2.24) is 9.80 Å². The second kappa shape index (κ2) is 5.16. The Kier molecular flexibility index (Phi) is 4.90. The normalized spacial score (nSPS) is 13.2. The van der Waals surface area contributed by atoms with E-state index in [1.807, 2.05) is 14.1 Å². The summed E-state index contributed by atoms with van der Waals surface area (Å²) in [6, 6.07) is 0. The van der Waals surface area contributed by atoms with Crippen molar-refractivity contribution < 1.29 is 5.11 Å². The first-order valence-electron chi connectivity index (χ1n) is 3.79. The molecule has 0 heterocycles. The lowest BCUT2D eigenvalue weighted by molar-refractivity contribution is 0.0509. The topological polar surface area (TPSA) is 26.7 Å². The van der Waals surface area contributed by atoms with Crippen LogP contribution in [-0.2, 0) is 0 Å². The number of hydrogen-bond donors (Lipinski definition) is 1. The van der Waals surface area contributed by atoms with Gasteiger partial charge in [-0.25, -0.2) is 0 Å². The lowest BCUT2D eigenvalue weighted by atomic mass is 10.4. The molecule has 0 aliphatic rings. The predicted molar refractivity (Wildman–Crippen MR) is 47.1 cm³/mol. The minimum Gasteiger partial charge on any atom is -0.374 e. The number of aliphatic hydroxyl groups excluding tert-OH is 1. The Balaban J connectivity index is 3.61. The maximum Gasteiger partial charge on any atom is 0.123 e. The van der Waals surface area contributed by atoms with Gasteiger partial charge in [-0.3, -0.25) is 0 Å². The second-order valence-corrected chi connectivity index (χ2v) is 2.86. The van der Waals surface area contributed by atoms with E-state index in [0.29, 0.717) is 0 Å². The Morgan fingerprint density at radius 2 is 2.00 bits per heavy atom. The molecule has 1 N–H and O–H groups in total. The molecule has 11 heavy (non-hydrogen) atoms. The van der Waals surface area contributed by atoms with Gasteiger partial charge in [0.25, 0.3) is 0 Å². The summed E-state index contributed by atoms with van der Waals surface area (Å²) < 4.78 is 0. The standard InChI is InChI=1S/C8H18N2O/c1-5-10(8(2)11)7-6-9(3)4/h5,8,11H,1,6-7H2,2-4H3. The molecule has 0 aromatic carbocycles. The maximum atomic E-state index is 9.16. The van der Waals surface area contributed by atoms with Gasteiger partial charge in [-0.2, -0.15) is 0 Å². The fraction of sp³-hybridized carbons (Fsp3) is 0.750. The SMILES string of the molecule is C=CN(CCN(C)C)C(C)O. The van der Waals surface area contributed by atoms with Crippen LogP contribution < -0.4 is 0 Å². The van der Waals surface area contributed by atoms with Gasteiger partial charge in [0.05, 0.1) is 0 Å². The molecular formula is C8H18N2O. The molecular weight excluding hydrogens is 140 g/mol. The van der Waals surface area contributed by atoms with Crippen LogP contribution in [0.15, 0.2) is 12.8 Å². The van der Waals surface area contributed by atoms with Crippen LogP contribution in [0.1, 0.15) is 6.92 Å². The molecule has 0 rings (SSSR count). The van der Waals surface area contributed by atoms with E-state index in [2.05, 4.69) is 11.5 Å². The molecule has 0 aromatic heterocycles. The highest BCUT2D eigenvalue weighted by Crippen LogP contribution is 1.94. The smallest absolute Gasteiger partial charge is 0.123 e. The largest absolute Gasteiger partial charge is 0.374 e. The van der Waals surface area contributed by atoms with Crippen molar-refractivity contribution in [2.24, 2.45) is 0 Å². The van der Waals surface area contributed by atoms with Crippen molar-refractivity contribution in [1.29, 1.82) is 0 Å². The first-order valence-corrected chi connectivity index (χ1v) is 3.79. The van der Waals surface area contributed by atoms with E-state index < -0.39 is 6.23 Å². The number of nitrogens with zero attached hydrogens (tertiary/aromatic N) is 2. The quantitative estimate of drug-likeness (QED) is 0.584. The fourth-order valence-electron chi connectivity index (χ4n) is 0.746. The van der Waals surface area contributed by atoms with E-state index in [-0.39, 0.29) is 0 Å². The van der Waals surface area contributed by atoms with E-state index in [1.165, 1.54) is 0 Å². The van der Waals surface area contributed by atoms with Gasteiger partial charge in [-0.15, -0.1) is 0 Å². The predicted octanol–water partition coefficient (Wildman–Crippen LogP) is 0.332. The molecule has 0 fully saturated rings. The van der Waals surface area contributed by atoms with Gasteiger partial charge in [-0.05, 0) is 27.2 Å². The molecule has 0 spiro atoms. The highest BCUT2D eigenvalue weighted by atomic mass is 16.3. The minimum atomic E-state index is -0.438. The van der Waals surface area contributed by atoms with Crippen LogP contribution in [0.2, 0.25) is 0 Å². The summed E-state index contributed by atoms with van der Waals surface area (Å²) in [6.07, 6.45) is 1.22. The molecule has 0 aliphatic carbocycles. The average Bonchev–Trinajstić information content (AvgIpc) is 1.87. The monoisotopic (exact) mass is 158 g/mol. The molecule has 0 aliphatic heterocycles. The van der Waals surface area contributed by atoms with Crippen molar-refractivity contribution in [3.8, 4) is 0 Å². The highest BCUT2D eigenvalue weighted by Gasteiger charge is 2.03. The van der Waals surface area contributed by atoms with Crippen LogP contribution in [0, 0.1) is 0 Å². The molecule has 1 unspecified atom stereocenters. The van der Waals surface area contributed by atoms with Crippen molar-refractivity contribution in [2.75, 3.05) is 27.2 Å². The summed E-state index contributed by atoms with van der Waals surface area (Å²) in [6.45, 7) is 7.08. The molecule has 66 valence electrons. The third-order valence-electron chi connectivity index (χ3n) is 1.52. The molecule has 0 aromatic rings. The molecule has 0 saturated carbocycles. The maximum absolute atomic E-state index is 9.16. The van der Waals surface area contributed by atoms with Crippen LogP contribution in [0.25, 0.3) is 0 Å². The molecule has 0 saturated heterocycles. The molecule has 0 radical (unpaired) electrons. The van der Waals surface area contributed by atoms with Crippen molar-refractivity contribution in [3.63, 3.8) is 0 Å². The summed E-state index contributed by atoms with van der Waals surface area (Å²) in [7, 11) is 4.01. The lowest BCUT2D eigenvalue weighted by Gasteiger charge is -2.24. The molecule has 1 atom stereocenters. The highest BCUT2D eigenvalue weighted by molar-refractivity contribution is 4.72. The number of rotatable bonds is 5. The molecule has 0 bridgehead atoms. The van der Waals surface area contributed by atoms with Gasteiger partial charge in [0.2, 0.25) is 0 Å². The van der Waals surface area contributed by atoms with Crippen molar-refractivity contribution >= 4 is 0 Å². The Morgan fingerprint density at radius 1 is 1.45 bits per heavy atom. The molecule has 3 nitrogen and oxygen atoms in total. The summed E-state index contributed by atoms with van der Waals surface area (Å²) in [5, 5.41) is 9.16. The first kappa shape index (κ1) is 10.5. The van der Waals surface area contributed by atoms with Crippen LogP contribution in [0.4, 0.5) is 0 Å². The zero-order valence-corrected chi connectivity index (χ0v) is 7.62. The lowest BCUT2D eigenvalue weighted by Crippen LogP contribution is -2.33.